The van der Waals surface area contributed by atoms with Crippen LogP contribution in [-0.4, -0.2) is 4.98 Å². The summed E-state index contributed by atoms with van der Waals surface area (Å²) in [6.45, 7) is 0. The van der Waals surface area contributed by atoms with Crippen LogP contribution >= 0.6 is 0 Å². The summed E-state index contributed by atoms with van der Waals surface area (Å²) in [5.41, 5.74) is 9.17. The molecule has 80 valence electrons. The summed E-state index contributed by atoms with van der Waals surface area (Å²) in [7, 11) is 0. The second kappa shape index (κ2) is 3.50. The van der Waals surface area contributed by atoms with Crippen molar-refractivity contribution in [2.45, 2.75) is 0 Å². The lowest BCUT2D eigenvalue weighted by Gasteiger charge is -2.05. The Bertz CT molecular complexity index is 767. The number of hydrogen-bond donors (Lipinski definition) is 1. The van der Waals surface area contributed by atoms with Crippen LogP contribution in [0.3, 0.4) is 0 Å². The molecule has 0 amide bonds. The molecule has 0 atom stereocenters. The van der Waals surface area contributed by atoms with Gasteiger partial charge in [0.05, 0.1) is 16.7 Å². The molecule has 0 saturated heterocycles. The van der Waals surface area contributed by atoms with Gasteiger partial charge in [0.15, 0.2) is 0 Å². The Morgan fingerprint density at radius 3 is 2.76 bits per heavy atom. The summed E-state index contributed by atoms with van der Waals surface area (Å²) >= 11 is 0. The van der Waals surface area contributed by atoms with Crippen LogP contribution in [0.2, 0.25) is 0 Å². The van der Waals surface area contributed by atoms with Gasteiger partial charge in [-0.05, 0) is 24.3 Å². The van der Waals surface area contributed by atoms with E-state index in [-0.39, 0.29) is 0 Å². The maximum Gasteiger partial charge on any atom is 0.0938 e. The number of aromatic nitrogens is 1. The number of rotatable bonds is 0. The van der Waals surface area contributed by atoms with Crippen molar-refractivity contribution in [3.8, 4) is 12.3 Å². The number of para-hydroxylation sites is 1. The zero-order valence-electron chi connectivity index (χ0n) is 9.14. The fourth-order valence-corrected chi connectivity index (χ4v) is 2.03. The highest BCUT2D eigenvalue weighted by Crippen LogP contribution is 2.25. The number of nitrogen functional groups attached to an aromatic ring is 1. The first-order valence-corrected chi connectivity index (χ1v) is 5.34. The van der Waals surface area contributed by atoms with E-state index >= 15 is 0 Å². The molecule has 0 radical (unpaired) electrons. The Morgan fingerprint density at radius 2 is 1.94 bits per heavy atom. The van der Waals surface area contributed by atoms with Crippen molar-refractivity contribution >= 4 is 27.5 Å². The Labute approximate surface area is 99.1 Å². The number of terminal acetylenes is 1. The van der Waals surface area contributed by atoms with Gasteiger partial charge in [-0.1, -0.05) is 24.1 Å². The average molecular weight is 218 g/mol. The third-order valence-electron chi connectivity index (χ3n) is 2.87. The third kappa shape index (κ3) is 1.41. The van der Waals surface area contributed by atoms with Crippen molar-refractivity contribution in [3.63, 3.8) is 0 Å². The van der Waals surface area contributed by atoms with Crippen molar-refractivity contribution in [2.24, 2.45) is 0 Å². The predicted octanol–water partition coefficient (Wildman–Crippen LogP) is 2.95. The summed E-state index contributed by atoms with van der Waals surface area (Å²) < 4.78 is 0. The molecule has 0 aliphatic rings. The molecule has 0 aliphatic carbocycles. The average Bonchev–Trinajstić information content (AvgIpc) is 2.36. The summed E-state index contributed by atoms with van der Waals surface area (Å²) in [6.07, 6.45) is 5.49. The normalized spacial score (nSPS) is 10.5. The Hall–Kier alpha value is -2.53. The smallest absolute Gasteiger partial charge is 0.0938 e. The van der Waals surface area contributed by atoms with E-state index in [1.54, 1.807) is 0 Å². The predicted molar refractivity (Wildman–Crippen MR) is 71.6 cm³/mol. The minimum Gasteiger partial charge on any atom is -0.397 e. The van der Waals surface area contributed by atoms with E-state index in [1.807, 2.05) is 42.5 Å². The first kappa shape index (κ1) is 9.68. The highest BCUT2D eigenvalue weighted by atomic mass is 14.7. The first-order valence-electron chi connectivity index (χ1n) is 5.34. The maximum atomic E-state index is 5.91. The molecule has 0 aliphatic heterocycles. The molecule has 0 spiro atoms. The second-order valence-electron chi connectivity index (χ2n) is 3.92. The van der Waals surface area contributed by atoms with Gasteiger partial charge >= 0.3 is 0 Å². The maximum absolute atomic E-state index is 5.91. The molecule has 3 rings (SSSR count). The number of hydrogen-bond acceptors (Lipinski definition) is 2. The minimum atomic E-state index is 0.690. The summed E-state index contributed by atoms with van der Waals surface area (Å²) in [4.78, 5) is 4.57. The molecule has 17 heavy (non-hydrogen) atoms. The lowest BCUT2D eigenvalue weighted by molar-refractivity contribution is 1.49. The van der Waals surface area contributed by atoms with Crippen molar-refractivity contribution in [3.05, 3.63) is 48.0 Å². The van der Waals surface area contributed by atoms with Crippen LogP contribution in [0, 0.1) is 12.3 Å². The fourth-order valence-electron chi connectivity index (χ4n) is 2.03. The van der Waals surface area contributed by atoms with Crippen LogP contribution < -0.4 is 5.73 Å². The second-order valence-corrected chi connectivity index (χ2v) is 3.92. The number of nitrogens with two attached hydrogens (primary N) is 1. The lowest BCUT2D eigenvalue weighted by atomic mass is 10.1. The van der Waals surface area contributed by atoms with Crippen LogP contribution in [0.15, 0.2) is 42.5 Å². The van der Waals surface area contributed by atoms with Gasteiger partial charge in [0.25, 0.3) is 0 Å². The molecule has 1 heterocycles. The van der Waals surface area contributed by atoms with Gasteiger partial charge in [-0.3, -0.25) is 0 Å². The minimum absolute atomic E-state index is 0.690. The van der Waals surface area contributed by atoms with Crippen LogP contribution in [0.4, 0.5) is 5.69 Å². The van der Waals surface area contributed by atoms with E-state index in [0.717, 1.165) is 27.4 Å². The van der Waals surface area contributed by atoms with Gasteiger partial charge in [-0.15, -0.1) is 6.42 Å². The van der Waals surface area contributed by atoms with E-state index in [9.17, 15) is 0 Å². The third-order valence-corrected chi connectivity index (χ3v) is 2.87. The van der Waals surface area contributed by atoms with E-state index < -0.39 is 0 Å². The van der Waals surface area contributed by atoms with Gasteiger partial charge in [0, 0.05) is 16.3 Å². The molecular weight excluding hydrogens is 208 g/mol. The fraction of sp³-hybridized carbons (Fsp3) is 0. The summed E-state index contributed by atoms with van der Waals surface area (Å²) in [5.74, 6) is 2.68. The summed E-state index contributed by atoms with van der Waals surface area (Å²) in [6, 6.07) is 13.6. The Balaban J connectivity index is 2.53. The zero-order valence-corrected chi connectivity index (χ0v) is 9.14. The first-order chi connectivity index (χ1) is 8.29. The van der Waals surface area contributed by atoms with Crippen LogP contribution in [0.25, 0.3) is 21.8 Å². The quantitative estimate of drug-likeness (QED) is 0.358. The molecule has 2 N–H and O–H groups in total. The van der Waals surface area contributed by atoms with Gasteiger partial charge in [0.2, 0.25) is 0 Å². The molecule has 2 heteroatoms. The van der Waals surface area contributed by atoms with Crippen molar-refractivity contribution in [2.75, 3.05) is 5.73 Å². The standard InChI is InChI=1S/C15H10N2/c1-2-10-5-4-8-14-12(10)9-11-6-3-7-13(16)15(11)17-14/h1,3-9H,16H2. The van der Waals surface area contributed by atoms with Gasteiger partial charge in [-0.25, -0.2) is 4.98 Å². The zero-order chi connectivity index (χ0) is 11.8. The Morgan fingerprint density at radius 1 is 1.12 bits per heavy atom. The van der Waals surface area contributed by atoms with Crippen LogP contribution in [0.1, 0.15) is 5.56 Å². The largest absolute Gasteiger partial charge is 0.397 e. The molecule has 0 unspecified atom stereocenters. The SMILES string of the molecule is C#Cc1cccc2nc3c(N)cccc3cc12. The highest BCUT2D eigenvalue weighted by Gasteiger charge is 2.04. The van der Waals surface area contributed by atoms with E-state index in [2.05, 4.69) is 10.9 Å². The van der Waals surface area contributed by atoms with Gasteiger partial charge < -0.3 is 5.73 Å². The number of anilines is 1. The molecule has 1 aromatic heterocycles. The van der Waals surface area contributed by atoms with Crippen LogP contribution in [0.5, 0.6) is 0 Å². The molecular formula is C15H10N2. The van der Waals surface area contributed by atoms with Crippen molar-refractivity contribution < 1.29 is 0 Å². The topological polar surface area (TPSA) is 38.9 Å². The van der Waals surface area contributed by atoms with Gasteiger partial charge in [0.1, 0.15) is 0 Å². The van der Waals surface area contributed by atoms with Crippen molar-refractivity contribution in [1.82, 2.24) is 4.98 Å². The van der Waals surface area contributed by atoms with E-state index in [0.29, 0.717) is 5.69 Å². The molecule has 0 bridgehead atoms. The Kier molecular flexibility index (Phi) is 1.99. The molecule has 0 saturated carbocycles. The number of pyridine rings is 1. The molecule has 3 aromatic rings. The number of benzene rings is 2. The number of nitrogens with zero attached hydrogens (tertiary/aromatic N) is 1. The molecule has 2 aromatic carbocycles. The van der Waals surface area contributed by atoms with Crippen molar-refractivity contribution in [1.29, 1.82) is 0 Å². The molecule has 0 fully saturated rings. The lowest BCUT2D eigenvalue weighted by Crippen LogP contribution is -1.91. The van der Waals surface area contributed by atoms with Crippen LogP contribution in [-0.2, 0) is 0 Å². The van der Waals surface area contributed by atoms with Gasteiger partial charge in [-0.2, -0.15) is 0 Å². The summed E-state index contributed by atoms with van der Waals surface area (Å²) in [5, 5.41) is 2.01. The molecule has 2 nitrogen and oxygen atoms in total. The monoisotopic (exact) mass is 218 g/mol. The number of fused-ring (bicyclic) bond motifs is 2. The highest BCUT2D eigenvalue weighted by molar-refractivity contribution is 5.99. The van der Waals surface area contributed by atoms with E-state index in [4.69, 9.17) is 12.2 Å². The van der Waals surface area contributed by atoms with E-state index in [1.165, 1.54) is 0 Å².